The zero-order valence-corrected chi connectivity index (χ0v) is 16.4. The van der Waals surface area contributed by atoms with E-state index in [0.717, 1.165) is 12.3 Å². The number of anilines is 1. The first-order chi connectivity index (χ1) is 11.8. The van der Waals surface area contributed by atoms with Gasteiger partial charge in [-0.25, -0.2) is 0 Å². The minimum absolute atomic E-state index is 0.928. The van der Waals surface area contributed by atoms with Gasteiger partial charge in [0, 0.05) is 19.3 Å². The molecule has 0 saturated heterocycles. The van der Waals surface area contributed by atoms with Crippen molar-refractivity contribution in [2.24, 2.45) is 0 Å². The standard InChI is InChI=1S/C22H39NO/c1-4-5-6-7-8-9-10-11-12-13-14-15-20-23(2)21-16-18-22(24-3)19-17-21/h16-19H,4-15,20H2,1-3H3. The van der Waals surface area contributed by atoms with Crippen LogP contribution < -0.4 is 9.64 Å². The Bertz CT molecular complexity index is 387. The van der Waals surface area contributed by atoms with Crippen LogP contribution in [0.5, 0.6) is 5.75 Å². The molecule has 0 aromatic heterocycles. The number of benzene rings is 1. The van der Waals surface area contributed by atoms with Gasteiger partial charge in [-0.2, -0.15) is 0 Å². The molecule has 0 spiro atoms. The Labute approximate surface area is 150 Å². The highest BCUT2D eigenvalue weighted by Crippen LogP contribution is 2.19. The molecule has 2 heteroatoms. The minimum atomic E-state index is 0.928. The van der Waals surface area contributed by atoms with Crippen LogP contribution in [-0.4, -0.2) is 20.7 Å². The lowest BCUT2D eigenvalue weighted by Gasteiger charge is -2.19. The van der Waals surface area contributed by atoms with E-state index in [4.69, 9.17) is 4.74 Å². The summed E-state index contributed by atoms with van der Waals surface area (Å²) in [6.45, 7) is 3.43. The van der Waals surface area contributed by atoms with Gasteiger partial charge in [-0.1, -0.05) is 77.6 Å². The Kier molecular flexibility index (Phi) is 12.3. The lowest BCUT2D eigenvalue weighted by Crippen LogP contribution is -2.18. The number of nitrogens with zero attached hydrogens (tertiary/aromatic N) is 1. The largest absolute Gasteiger partial charge is 0.497 e. The zero-order valence-electron chi connectivity index (χ0n) is 16.4. The van der Waals surface area contributed by atoms with Crippen molar-refractivity contribution in [3.05, 3.63) is 24.3 Å². The van der Waals surface area contributed by atoms with Gasteiger partial charge in [-0.15, -0.1) is 0 Å². The summed E-state index contributed by atoms with van der Waals surface area (Å²) in [5, 5.41) is 0. The number of ether oxygens (including phenoxy) is 1. The van der Waals surface area contributed by atoms with Gasteiger partial charge in [-0.05, 0) is 30.7 Å². The molecule has 2 nitrogen and oxygen atoms in total. The van der Waals surface area contributed by atoms with Crippen LogP contribution in [0, 0.1) is 0 Å². The number of unbranched alkanes of at least 4 members (excludes halogenated alkanes) is 11. The predicted octanol–water partition coefficient (Wildman–Crippen LogP) is 6.83. The molecule has 0 aliphatic carbocycles. The first kappa shape index (κ1) is 20.9. The van der Waals surface area contributed by atoms with Crippen molar-refractivity contribution in [1.29, 1.82) is 0 Å². The molecule has 0 heterocycles. The highest BCUT2D eigenvalue weighted by Gasteiger charge is 2.01. The van der Waals surface area contributed by atoms with Gasteiger partial charge in [0.15, 0.2) is 0 Å². The second-order valence-corrected chi connectivity index (χ2v) is 7.01. The van der Waals surface area contributed by atoms with Gasteiger partial charge in [0.05, 0.1) is 7.11 Å². The van der Waals surface area contributed by atoms with Crippen LogP contribution in [0.25, 0.3) is 0 Å². The minimum Gasteiger partial charge on any atom is -0.497 e. The van der Waals surface area contributed by atoms with E-state index in [2.05, 4.69) is 31.0 Å². The topological polar surface area (TPSA) is 12.5 Å². The van der Waals surface area contributed by atoms with E-state index in [1.165, 1.54) is 82.7 Å². The molecule has 0 aliphatic rings. The van der Waals surface area contributed by atoms with Crippen molar-refractivity contribution in [1.82, 2.24) is 0 Å². The fourth-order valence-electron chi connectivity index (χ4n) is 3.16. The number of methoxy groups -OCH3 is 1. The predicted molar refractivity (Wildman–Crippen MR) is 107 cm³/mol. The summed E-state index contributed by atoms with van der Waals surface area (Å²) in [5.74, 6) is 0.928. The third-order valence-electron chi connectivity index (χ3n) is 4.86. The molecule has 0 atom stereocenters. The third kappa shape index (κ3) is 9.85. The highest BCUT2D eigenvalue weighted by molar-refractivity contribution is 5.48. The fourth-order valence-corrected chi connectivity index (χ4v) is 3.16. The van der Waals surface area contributed by atoms with Crippen LogP contribution in [0.2, 0.25) is 0 Å². The molecule has 1 aromatic carbocycles. The van der Waals surface area contributed by atoms with Crippen LogP contribution in [0.4, 0.5) is 5.69 Å². The highest BCUT2D eigenvalue weighted by atomic mass is 16.5. The summed E-state index contributed by atoms with van der Waals surface area (Å²) in [6.07, 6.45) is 16.9. The summed E-state index contributed by atoms with van der Waals surface area (Å²) >= 11 is 0. The van der Waals surface area contributed by atoms with E-state index in [1.807, 2.05) is 12.1 Å². The fraction of sp³-hybridized carbons (Fsp3) is 0.727. The second-order valence-electron chi connectivity index (χ2n) is 7.01. The second kappa shape index (κ2) is 14.2. The van der Waals surface area contributed by atoms with Crippen molar-refractivity contribution in [3.63, 3.8) is 0 Å². The third-order valence-corrected chi connectivity index (χ3v) is 4.86. The van der Waals surface area contributed by atoms with Crippen LogP contribution in [0.15, 0.2) is 24.3 Å². The Morgan fingerprint density at radius 2 is 1.17 bits per heavy atom. The first-order valence-electron chi connectivity index (χ1n) is 10.1. The molecular formula is C22H39NO. The molecule has 0 unspecified atom stereocenters. The number of hydrogen-bond acceptors (Lipinski definition) is 2. The first-order valence-corrected chi connectivity index (χ1v) is 10.1. The summed E-state index contributed by atoms with van der Waals surface area (Å²) < 4.78 is 5.21. The van der Waals surface area contributed by atoms with Gasteiger partial charge in [0.1, 0.15) is 5.75 Å². The average molecular weight is 334 g/mol. The molecule has 0 N–H and O–H groups in total. The van der Waals surface area contributed by atoms with Crippen molar-refractivity contribution >= 4 is 5.69 Å². The molecule has 0 aliphatic heterocycles. The molecular weight excluding hydrogens is 294 g/mol. The summed E-state index contributed by atoms with van der Waals surface area (Å²) in [4.78, 5) is 2.34. The van der Waals surface area contributed by atoms with Crippen LogP contribution >= 0.6 is 0 Å². The molecule has 1 rings (SSSR count). The Morgan fingerprint density at radius 3 is 1.62 bits per heavy atom. The van der Waals surface area contributed by atoms with Crippen molar-refractivity contribution < 1.29 is 4.74 Å². The van der Waals surface area contributed by atoms with E-state index in [0.29, 0.717) is 0 Å². The zero-order chi connectivity index (χ0) is 17.5. The van der Waals surface area contributed by atoms with E-state index in [-0.39, 0.29) is 0 Å². The van der Waals surface area contributed by atoms with Crippen molar-refractivity contribution in [2.75, 3.05) is 25.6 Å². The maximum atomic E-state index is 5.21. The molecule has 0 fully saturated rings. The van der Waals surface area contributed by atoms with Gasteiger partial charge in [-0.3, -0.25) is 0 Å². The molecule has 24 heavy (non-hydrogen) atoms. The van der Waals surface area contributed by atoms with Gasteiger partial charge < -0.3 is 9.64 Å². The average Bonchev–Trinajstić information content (AvgIpc) is 2.62. The van der Waals surface area contributed by atoms with E-state index < -0.39 is 0 Å². The Balaban J connectivity index is 1.92. The summed E-state index contributed by atoms with van der Waals surface area (Å²) in [6, 6.07) is 8.35. The molecule has 0 saturated carbocycles. The maximum absolute atomic E-state index is 5.21. The molecule has 138 valence electrons. The van der Waals surface area contributed by atoms with Gasteiger partial charge >= 0.3 is 0 Å². The van der Waals surface area contributed by atoms with Crippen LogP contribution in [0.3, 0.4) is 0 Å². The van der Waals surface area contributed by atoms with E-state index in [1.54, 1.807) is 7.11 Å². The molecule has 0 bridgehead atoms. The van der Waals surface area contributed by atoms with Crippen LogP contribution in [0.1, 0.15) is 84.0 Å². The van der Waals surface area contributed by atoms with E-state index in [9.17, 15) is 0 Å². The molecule has 0 radical (unpaired) electrons. The molecule has 1 aromatic rings. The number of hydrogen-bond donors (Lipinski definition) is 0. The Morgan fingerprint density at radius 1 is 0.708 bits per heavy atom. The van der Waals surface area contributed by atoms with Crippen molar-refractivity contribution in [3.8, 4) is 5.75 Å². The SMILES string of the molecule is CCCCCCCCCCCCCCN(C)c1ccc(OC)cc1. The van der Waals surface area contributed by atoms with Crippen molar-refractivity contribution in [2.45, 2.75) is 84.0 Å². The summed E-state index contributed by atoms with van der Waals surface area (Å²) in [5.41, 5.74) is 1.28. The van der Waals surface area contributed by atoms with E-state index >= 15 is 0 Å². The lowest BCUT2D eigenvalue weighted by atomic mass is 10.1. The summed E-state index contributed by atoms with van der Waals surface area (Å²) in [7, 11) is 3.89. The Hall–Kier alpha value is -1.18. The maximum Gasteiger partial charge on any atom is 0.119 e. The van der Waals surface area contributed by atoms with Gasteiger partial charge in [0.2, 0.25) is 0 Å². The van der Waals surface area contributed by atoms with Crippen LogP contribution in [-0.2, 0) is 0 Å². The van der Waals surface area contributed by atoms with Gasteiger partial charge in [0.25, 0.3) is 0 Å². The normalized spacial score (nSPS) is 10.8. The smallest absolute Gasteiger partial charge is 0.119 e. The number of rotatable bonds is 15. The molecule has 0 amide bonds. The monoisotopic (exact) mass is 333 g/mol. The lowest BCUT2D eigenvalue weighted by molar-refractivity contribution is 0.415. The quantitative estimate of drug-likeness (QED) is 0.326.